The monoisotopic (exact) mass is 778 g/mol. The van der Waals surface area contributed by atoms with Crippen LogP contribution >= 0.6 is 27.5 Å². The third kappa shape index (κ3) is 7.11. The van der Waals surface area contributed by atoms with Crippen molar-refractivity contribution in [3.05, 3.63) is 112 Å². The van der Waals surface area contributed by atoms with Crippen molar-refractivity contribution in [3.8, 4) is 17.2 Å². The van der Waals surface area contributed by atoms with Crippen molar-refractivity contribution in [2.75, 3.05) is 44.1 Å². The number of hydrogen-bond donors (Lipinski definition) is 0. The summed E-state index contributed by atoms with van der Waals surface area (Å²) in [5, 5.41) is 1.73. The van der Waals surface area contributed by atoms with E-state index < -0.39 is 10.0 Å². The first-order chi connectivity index (χ1) is 24.2. The van der Waals surface area contributed by atoms with Crippen LogP contribution < -0.4 is 19.1 Å². The molecule has 1 heterocycles. The van der Waals surface area contributed by atoms with Gasteiger partial charge in [-0.05, 0) is 121 Å². The molecule has 0 saturated heterocycles. The van der Waals surface area contributed by atoms with Crippen LogP contribution in [-0.4, -0.2) is 52.0 Å². The molecule has 0 aromatic heterocycles. The molecule has 264 valence electrons. The first kappa shape index (κ1) is 35.2. The van der Waals surface area contributed by atoms with E-state index >= 15 is 0 Å². The lowest BCUT2D eigenvalue weighted by Gasteiger charge is -2.44. The van der Waals surface area contributed by atoms with Crippen LogP contribution in [0.25, 0.3) is 0 Å². The largest absolute Gasteiger partial charge is 0.497 e. The Bertz CT molecular complexity index is 1870. The fourth-order valence-corrected chi connectivity index (χ4v) is 10.3. The molecule has 3 atom stereocenters. The molecule has 4 aromatic carbocycles. The van der Waals surface area contributed by atoms with Gasteiger partial charge < -0.3 is 19.1 Å². The third-order valence-corrected chi connectivity index (χ3v) is 13.8. The van der Waals surface area contributed by atoms with Gasteiger partial charge in [0.25, 0.3) is 0 Å². The summed E-state index contributed by atoms with van der Waals surface area (Å²) in [5.41, 5.74) is 4.94. The highest BCUT2D eigenvalue weighted by Gasteiger charge is 2.43. The van der Waals surface area contributed by atoms with Crippen LogP contribution in [0.2, 0.25) is 5.02 Å². The Morgan fingerprint density at radius 2 is 1.56 bits per heavy atom. The molecule has 0 amide bonds. The summed E-state index contributed by atoms with van der Waals surface area (Å²) in [4.78, 5) is 2.69. The van der Waals surface area contributed by atoms with E-state index in [4.69, 9.17) is 25.8 Å². The molecule has 1 saturated carbocycles. The maximum atomic E-state index is 14.7. The number of anilines is 1. The molecule has 2 aliphatic carbocycles. The van der Waals surface area contributed by atoms with Gasteiger partial charge in [0.05, 0.1) is 31.4 Å². The van der Waals surface area contributed by atoms with Gasteiger partial charge in [-0.25, -0.2) is 8.42 Å². The average Bonchev–Trinajstić information content (AvgIpc) is 3.27. The number of ether oxygens (including phenoxy) is 3. The average molecular weight is 780 g/mol. The predicted molar refractivity (Wildman–Crippen MR) is 203 cm³/mol. The van der Waals surface area contributed by atoms with Crippen LogP contribution in [-0.2, 0) is 34.9 Å². The van der Waals surface area contributed by atoms with Crippen LogP contribution in [0.1, 0.15) is 47.9 Å². The van der Waals surface area contributed by atoms with E-state index in [1.165, 1.54) is 17.5 Å². The van der Waals surface area contributed by atoms with Crippen LogP contribution in [0, 0.1) is 11.8 Å². The Morgan fingerprint density at radius 1 is 0.900 bits per heavy atom. The summed E-state index contributed by atoms with van der Waals surface area (Å²) in [5.74, 6) is 3.30. The van der Waals surface area contributed by atoms with Crippen LogP contribution in [0.5, 0.6) is 17.2 Å². The lowest BCUT2D eigenvalue weighted by molar-refractivity contribution is 0.190. The molecule has 4 aromatic rings. The molecule has 10 heteroatoms. The Balaban J connectivity index is 1.26. The quantitative estimate of drug-likeness (QED) is 0.142. The Morgan fingerprint density at radius 3 is 2.16 bits per heavy atom. The number of rotatable bonds is 11. The first-order valence-electron chi connectivity index (χ1n) is 17.3. The number of benzene rings is 4. The van der Waals surface area contributed by atoms with Crippen molar-refractivity contribution in [1.82, 2.24) is 4.31 Å². The summed E-state index contributed by atoms with van der Waals surface area (Å²) in [6.45, 7) is 2.54. The molecule has 0 unspecified atom stereocenters. The highest BCUT2D eigenvalue weighted by molar-refractivity contribution is 9.09. The Hall–Kier alpha value is -3.24. The fourth-order valence-electron chi connectivity index (χ4n) is 7.86. The lowest BCUT2D eigenvalue weighted by Crippen LogP contribution is -2.48. The number of nitrogens with zero attached hydrogens (tertiary/aromatic N) is 2. The number of alkyl halides is 1. The summed E-state index contributed by atoms with van der Waals surface area (Å²) in [7, 11) is -0.711. The van der Waals surface area contributed by atoms with Gasteiger partial charge in [-0.3, -0.25) is 0 Å². The van der Waals surface area contributed by atoms with Crippen LogP contribution in [0.15, 0.2) is 89.8 Å². The molecule has 7 nitrogen and oxygen atoms in total. The highest BCUT2D eigenvalue weighted by atomic mass is 79.9. The second-order valence-corrected chi connectivity index (χ2v) is 17.0. The zero-order chi connectivity index (χ0) is 34.9. The molecule has 1 aliphatic heterocycles. The summed E-state index contributed by atoms with van der Waals surface area (Å²) >= 11 is 10.2. The second kappa shape index (κ2) is 14.8. The van der Waals surface area contributed by atoms with Crippen molar-refractivity contribution in [2.24, 2.45) is 11.8 Å². The molecule has 1 spiro atoms. The van der Waals surface area contributed by atoms with E-state index in [0.717, 1.165) is 83.2 Å². The van der Waals surface area contributed by atoms with Gasteiger partial charge in [0.2, 0.25) is 10.0 Å². The van der Waals surface area contributed by atoms with Crippen molar-refractivity contribution < 1.29 is 22.6 Å². The topological polar surface area (TPSA) is 68.3 Å². The molecular formula is C40H44BrClN2O5S. The van der Waals surface area contributed by atoms with Gasteiger partial charge in [-0.15, -0.1) is 0 Å². The second-order valence-electron chi connectivity index (χ2n) is 14.0. The molecule has 3 aliphatic rings. The SMILES string of the molecule is COc1ccc(CN(Cc2ccc(OC)cc2)S(=O)(=O)c2ccc3c(c2)N(C[C@@H]2CC[C@H]2CBr)C[C@@]2(CCCc4cc(Cl)ccc42)CO3)cc1. The van der Waals surface area contributed by atoms with E-state index in [-0.39, 0.29) is 23.4 Å². The van der Waals surface area contributed by atoms with E-state index in [1.807, 2.05) is 66.7 Å². The maximum absolute atomic E-state index is 14.7. The first-order valence-corrected chi connectivity index (χ1v) is 20.3. The minimum atomic E-state index is -3.95. The van der Waals surface area contributed by atoms with Gasteiger partial charge in [-0.1, -0.05) is 57.9 Å². The lowest BCUT2D eigenvalue weighted by atomic mass is 9.69. The summed E-state index contributed by atoms with van der Waals surface area (Å²) < 4.78 is 48.4. The van der Waals surface area contributed by atoms with E-state index in [0.29, 0.717) is 18.4 Å². The van der Waals surface area contributed by atoms with Gasteiger partial charge in [0.15, 0.2) is 0 Å². The van der Waals surface area contributed by atoms with Gasteiger partial charge >= 0.3 is 0 Å². The fraction of sp³-hybridized carbons (Fsp3) is 0.400. The van der Waals surface area contributed by atoms with Crippen molar-refractivity contribution in [3.63, 3.8) is 0 Å². The Labute approximate surface area is 309 Å². The molecule has 0 radical (unpaired) electrons. The number of fused-ring (bicyclic) bond motifs is 3. The molecule has 1 fully saturated rings. The number of hydrogen-bond acceptors (Lipinski definition) is 6. The third-order valence-electron chi connectivity index (χ3n) is 10.9. The molecular weight excluding hydrogens is 736 g/mol. The number of methoxy groups -OCH3 is 2. The van der Waals surface area contributed by atoms with Gasteiger partial charge in [-0.2, -0.15) is 4.31 Å². The van der Waals surface area contributed by atoms with E-state index in [9.17, 15) is 8.42 Å². The van der Waals surface area contributed by atoms with Gasteiger partial charge in [0.1, 0.15) is 17.2 Å². The number of halogens is 2. The van der Waals surface area contributed by atoms with Crippen molar-refractivity contribution >= 4 is 43.2 Å². The summed E-state index contributed by atoms with van der Waals surface area (Å²) in [6.07, 6.45) is 5.43. The zero-order valence-corrected chi connectivity index (χ0v) is 31.8. The van der Waals surface area contributed by atoms with Crippen LogP contribution in [0.3, 0.4) is 0 Å². The van der Waals surface area contributed by atoms with Crippen molar-refractivity contribution in [2.45, 2.75) is 55.5 Å². The Kier molecular flexibility index (Phi) is 10.4. The minimum Gasteiger partial charge on any atom is -0.497 e. The molecule has 0 bridgehead atoms. The minimum absolute atomic E-state index is 0.202. The van der Waals surface area contributed by atoms with Crippen LogP contribution in [0.4, 0.5) is 5.69 Å². The standard InChI is InChI=1S/C40H44BrClN2O5S/c1-47-34-12-5-28(6-13-34)23-44(24-29-7-14-35(48-2)15-8-29)50(45,46)36-16-18-39-38(21-36)43(25-32-10-9-31(32)22-41)26-40(27-49-39)19-3-4-30-20-33(42)11-17-37(30)40/h5-8,11-18,20-21,31-32H,3-4,9-10,19,22-27H2,1-2H3/t31-,32-,40-/m0/s1. The number of sulfonamides is 1. The molecule has 0 N–H and O–H groups in total. The van der Waals surface area contributed by atoms with Crippen molar-refractivity contribution in [1.29, 1.82) is 0 Å². The smallest absolute Gasteiger partial charge is 0.243 e. The number of aryl methyl sites for hydroxylation is 1. The van der Waals surface area contributed by atoms with E-state index in [1.54, 1.807) is 24.6 Å². The normalized spacial score (nSPS) is 21.5. The molecule has 50 heavy (non-hydrogen) atoms. The van der Waals surface area contributed by atoms with E-state index in [2.05, 4.69) is 33.0 Å². The summed E-state index contributed by atoms with van der Waals surface area (Å²) in [6, 6.07) is 26.8. The predicted octanol–water partition coefficient (Wildman–Crippen LogP) is 8.64. The van der Waals surface area contributed by atoms with Gasteiger partial charge in [0, 0.05) is 41.9 Å². The molecule has 7 rings (SSSR count). The maximum Gasteiger partial charge on any atom is 0.243 e. The highest BCUT2D eigenvalue weighted by Crippen LogP contribution is 2.47. The zero-order valence-electron chi connectivity index (χ0n) is 28.6.